The summed E-state index contributed by atoms with van der Waals surface area (Å²) in [5.74, 6) is -5.80. The van der Waals surface area contributed by atoms with Crippen molar-refractivity contribution in [1.82, 2.24) is 9.80 Å². The Bertz CT molecular complexity index is 698. The van der Waals surface area contributed by atoms with E-state index in [1.54, 1.807) is 0 Å². The maximum atomic E-state index is 14.2. The third-order valence-corrected chi connectivity index (χ3v) is 4.23. The minimum absolute atomic E-state index is 0.175. The fourth-order valence-electron chi connectivity index (χ4n) is 3.00. The average Bonchev–Trinajstić information content (AvgIpc) is 3.19. The molecular weight excluding hydrogens is 329 g/mol. The van der Waals surface area contributed by atoms with Crippen molar-refractivity contribution in [2.45, 2.75) is 12.5 Å². The highest BCUT2D eigenvalue weighted by molar-refractivity contribution is 5.95. The first-order valence-corrected chi connectivity index (χ1v) is 7.38. The van der Waals surface area contributed by atoms with Crippen LogP contribution in [0.5, 0.6) is 5.75 Å². The van der Waals surface area contributed by atoms with Crippen LogP contribution in [-0.4, -0.2) is 61.2 Å². The van der Waals surface area contributed by atoms with E-state index in [-0.39, 0.29) is 25.7 Å². The number of nitrogens with zero attached hydrogens (tertiary/aromatic N) is 2. The number of ether oxygens (including phenoxy) is 2. The predicted molar refractivity (Wildman–Crippen MR) is 75.2 cm³/mol. The van der Waals surface area contributed by atoms with Crippen LogP contribution in [0.15, 0.2) is 6.07 Å². The molecule has 1 unspecified atom stereocenters. The molecule has 0 aliphatic carbocycles. The average molecular weight is 344 g/mol. The van der Waals surface area contributed by atoms with Gasteiger partial charge in [0.1, 0.15) is 6.61 Å². The summed E-state index contributed by atoms with van der Waals surface area (Å²) >= 11 is 0. The predicted octanol–water partition coefficient (Wildman–Crippen LogP) is 1.78. The van der Waals surface area contributed by atoms with Crippen molar-refractivity contribution in [3.63, 3.8) is 0 Å². The molecule has 0 radical (unpaired) electrons. The van der Waals surface area contributed by atoms with E-state index in [1.165, 1.54) is 9.80 Å². The number of amides is 2. The second kappa shape index (κ2) is 6.21. The molecule has 6 nitrogen and oxygen atoms in total. The van der Waals surface area contributed by atoms with Crippen molar-refractivity contribution in [3.8, 4) is 5.75 Å². The van der Waals surface area contributed by atoms with Crippen LogP contribution in [-0.2, 0) is 4.74 Å². The zero-order chi connectivity index (χ0) is 17.4. The third kappa shape index (κ3) is 2.63. The summed E-state index contributed by atoms with van der Waals surface area (Å²) in [4.78, 5) is 26.8. The topological polar surface area (TPSA) is 59.1 Å². The second-order valence-electron chi connectivity index (χ2n) is 5.57. The first-order valence-electron chi connectivity index (χ1n) is 7.38. The molecule has 1 aromatic carbocycles. The molecule has 24 heavy (non-hydrogen) atoms. The minimum atomic E-state index is -1.48. The van der Waals surface area contributed by atoms with E-state index in [0.29, 0.717) is 19.0 Å². The number of carbonyl (C=O) groups is 2. The quantitative estimate of drug-likeness (QED) is 0.785. The van der Waals surface area contributed by atoms with E-state index < -0.39 is 40.8 Å². The molecule has 0 aromatic heterocycles. The summed E-state index contributed by atoms with van der Waals surface area (Å²) in [7, 11) is 0.986. The van der Waals surface area contributed by atoms with E-state index in [0.717, 1.165) is 7.11 Å². The van der Waals surface area contributed by atoms with Crippen LogP contribution in [0.1, 0.15) is 16.8 Å². The molecule has 1 aromatic rings. The van der Waals surface area contributed by atoms with Gasteiger partial charge in [0, 0.05) is 13.1 Å². The van der Waals surface area contributed by atoms with Crippen molar-refractivity contribution in [2.24, 2.45) is 0 Å². The Balaban J connectivity index is 1.81. The fourth-order valence-corrected chi connectivity index (χ4v) is 3.00. The molecular formula is C15H15F3N2O4. The molecule has 2 saturated heterocycles. The number of likely N-dealkylation sites (tertiary alicyclic amines) is 1. The molecule has 2 aliphatic rings. The summed E-state index contributed by atoms with van der Waals surface area (Å²) in [5, 5.41) is 0. The smallest absolute Gasteiger partial charge is 0.410 e. The van der Waals surface area contributed by atoms with Gasteiger partial charge in [0.15, 0.2) is 17.4 Å². The van der Waals surface area contributed by atoms with Crippen LogP contribution in [0.25, 0.3) is 0 Å². The Morgan fingerprint density at radius 1 is 1.29 bits per heavy atom. The summed E-state index contributed by atoms with van der Waals surface area (Å²) in [6.07, 6.45) is 0.0541. The molecule has 0 bridgehead atoms. The third-order valence-electron chi connectivity index (χ3n) is 4.23. The van der Waals surface area contributed by atoms with Crippen molar-refractivity contribution in [2.75, 3.05) is 33.4 Å². The van der Waals surface area contributed by atoms with Crippen molar-refractivity contribution < 1.29 is 32.2 Å². The minimum Gasteiger partial charge on any atom is -0.491 e. The Morgan fingerprint density at radius 3 is 2.67 bits per heavy atom. The highest BCUT2D eigenvalue weighted by Crippen LogP contribution is 2.29. The molecule has 2 amide bonds. The largest absolute Gasteiger partial charge is 0.491 e. The molecule has 0 saturated carbocycles. The van der Waals surface area contributed by atoms with Crippen LogP contribution in [0.3, 0.4) is 0 Å². The lowest BCUT2D eigenvalue weighted by molar-refractivity contribution is 0.0773. The first-order chi connectivity index (χ1) is 11.4. The lowest BCUT2D eigenvalue weighted by Gasteiger charge is -2.22. The molecule has 9 heteroatoms. The van der Waals surface area contributed by atoms with Gasteiger partial charge in [-0.3, -0.25) is 9.69 Å². The zero-order valence-electron chi connectivity index (χ0n) is 12.9. The number of cyclic esters (lactones) is 1. The van der Waals surface area contributed by atoms with Gasteiger partial charge in [0.25, 0.3) is 5.91 Å². The highest BCUT2D eigenvalue weighted by atomic mass is 19.2. The Hall–Kier alpha value is -2.45. The van der Waals surface area contributed by atoms with Gasteiger partial charge in [0.05, 0.1) is 25.3 Å². The van der Waals surface area contributed by atoms with Crippen molar-refractivity contribution >= 4 is 12.0 Å². The maximum absolute atomic E-state index is 14.2. The van der Waals surface area contributed by atoms with Crippen LogP contribution < -0.4 is 4.74 Å². The van der Waals surface area contributed by atoms with Gasteiger partial charge in [-0.2, -0.15) is 4.39 Å². The molecule has 3 rings (SSSR count). The monoisotopic (exact) mass is 344 g/mol. The van der Waals surface area contributed by atoms with Crippen molar-refractivity contribution in [3.05, 3.63) is 29.1 Å². The van der Waals surface area contributed by atoms with Crippen molar-refractivity contribution in [1.29, 1.82) is 0 Å². The number of rotatable bonds is 3. The van der Waals surface area contributed by atoms with Gasteiger partial charge < -0.3 is 14.4 Å². The van der Waals surface area contributed by atoms with E-state index in [1.807, 2.05) is 0 Å². The standard InChI is InChI=1S/C15H15F3N2O4/c1-23-13-11(17)9(6-10(16)12(13)18)14(21)19-3-2-8(7-19)20-4-5-24-15(20)22/h6,8H,2-5,7H2,1H3. The molecule has 2 aliphatic heterocycles. The number of hydrogen-bond acceptors (Lipinski definition) is 4. The van der Waals surface area contributed by atoms with Gasteiger partial charge in [-0.25, -0.2) is 13.6 Å². The number of carbonyl (C=O) groups excluding carboxylic acids is 2. The van der Waals surface area contributed by atoms with Crippen LogP contribution in [0, 0.1) is 17.5 Å². The molecule has 130 valence electrons. The van der Waals surface area contributed by atoms with E-state index in [4.69, 9.17) is 4.74 Å². The lowest BCUT2D eigenvalue weighted by Crippen LogP contribution is -2.39. The van der Waals surface area contributed by atoms with Gasteiger partial charge in [-0.15, -0.1) is 0 Å². The summed E-state index contributed by atoms with van der Waals surface area (Å²) in [6, 6.07) is 0.284. The zero-order valence-corrected chi connectivity index (χ0v) is 12.9. The number of methoxy groups -OCH3 is 1. The van der Waals surface area contributed by atoms with Crippen LogP contribution in [0.2, 0.25) is 0 Å². The number of benzene rings is 1. The second-order valence-corrected chi connectivity index (χ2v) is 5.57. The van der Waals surface area contributed by atoms with E-state index in [9.17, 15) is 22.8 Å². The molecule has 1 atom stereocenters. The molecule has 2 fully saturated rings. The van der Waals surface area contributed by atoms with Gasteiger partial charge in [-0.05, 0) is 12.5 Å². The van der Waals surface area contributed by atoms with E-state index >= 15 is 0 Å². The maximum Gasteiger partial charge on any atom is 0.410 e. The Morgan fingerprint density at radius 2 is 2.04 bits per heavy atom. The Labute approximate surface area is 135 Å². The number of halogens is 3. The summed E-state index contributed by atoms with van der Waals surface area (Å²) in [5.41, 5.74) is -0.601. The Kier molecular flexibility index (Phi) is 4.25. The molecule has 0 N–H and O–H groups in total. The SMILES string of the molecule is COc1c(F)c(F)cc(C(=O)N2CCC(N3CCOC3=O)C2)c1F. The van der Waals surface area contributed by atoms with Gasteiger partial charge in [0.2, 0.25) is 5.82 Å². The van der Waals surface area contributed by atoms with Gasteiger partial charge in [-0.1, -0.05) is 0 Å². The van der Waals surface area contributed by atoms with E-state index in [2.05, 4.69) is 4.74 Å². The number of hydrogen-bond donors (Lipinski definition) is 0. The first kappa shape index (κ1) is 16.4. The summed E-state index contributed by atoms with van der Waals surface area (Å²) < 4.78 is 50.6. The fraction of sp³-hybridized carbons (Fsp3) is 0.467. The molecule has 2 heterocycles. The van der Waals surface area contributed by atoms with Crippen LogP contribution in [0.4, 0.5) is 18.0 Å². The lowest BCUT2D eigenvalue weighted by atomic mass is 10.1. The molecule has 0 spiro atoms. The highest BCUT2D eigenvalue weighted by Gasteiger charge is 2.37. The summed E-state index contributed by atoms with van der Waals surface area (Å²) in [6.45, 7) is 1.17. The normalized spacial score (nSPS) is 20.5. The van der Waals surface area contributed by atoms with Crippen LogP contribution >= 0.6 is 0 Å². The van der Waals surface area contributed by atoms with Gasteiger partial charge >= 0.3 is 6.09 Å².